The van der Waals surface area contributed by atoms with Gasteiger partial charge in [0.25, 0.3) is 5.91 Å². The molecule has 0 aliphatic rings. The second-order valence-electron chi connectivity index (χ2n) is 7.56. The lowest BCUT2D eigenvalue weighted by atomic mass is 10.1. The molecule has 0 fully saturated rings. The van der Waals surface area contributed by atoms with Crippen molar-refractivity contribution in [3.05, 3.63) is 93.0 Å². The fraction of sp³-hybridized carbons (Fsp3) is 0.185. The summed E-state index contributed by atoms with van der Waals surface area (Å²) in [5.74, 6) is 0.924. The molecule has 3 aromatic rings. The summed E-state index contributed by atoms with van der Waals surface area (Å²) in [5, 5.41) is 12.2. The lowest BCUT2D eigenvalue weighted by Crippen LogP contribution is -2.13. The van der Waals surface area contributed by atoms with Crippen LogP contribution in [0.4, 0.5) is 5.69 Å². The Morgan fingerprint density at radius 1 is 1.03 bits per heavy atom. The van der Waals surface area contributed by atoms with Crippen LogP contribution in [0.1, 0.15) is 29.2 Å². The van der Waals surface area contributed by atoms with Crippen LogP contribution in [-0.4, -0.2) is 12.5 Å². The number of halogens is 1. The zero-order chi connectivity index (χ0) is 23.8. The van der Waals surface area contributed by atoms with E-state index in [0.29, 0.717) is 30.2 Å². The highest BCUT2D eigenvalue weighted by atomic mass is 79.9. The molecule has 0 bridgehead atoms. The molecule has 0 radical (unpaired) electrons. The molecule has 0 aliphatic carbocycles. The molecule has 0 unspecified atom stereocenters. The molecule has 0 aromatic heterocycles. The van der Waals surface area contributed by atoms with Gasteiger partial charge in [0.1, 0.15) is 29.7 Å². The largest absolute Gasteiger partial charge is 0.494 e. The van der Waals surface area contributed by atoms with Gasteiger partial charge in [0.15, 0.2) is 0 Å². The summed E-state index contributed by atoms with van der Waals surface area (Å²) in [4.78, 5) is 12.6. The first-order chi connectivity index (χ1) is 15.9. The minimum Gasteiger partial charge on any atom is -0.494 e. The molecule has 5 nitrogen and oxygen atoms in total. The first-order valence-electron chi connectivity index (χ1n) is 10.5. The van der Waals surface area contributed by atoms with Gasteiger partial charge in [-0.2, -0.15) is 5.26 Å². The molecule has 6 heteroatoms. The number of ether oxygens (including phenoxy) is 2. The van der Waals surface area contributed by atoms with Gasteiger partial charge in [-0.25, -0.2) is 0 Å². The molecule has 3 rings (SSSR count). The zero-order valence-electron chi connectivity index (χ0n) is 18.8. The van der Waals surface area contributed by atoms with Crippen LogP contribution in [0.15, 0.2) is 70.7 Å². The molecule has 0 atom stereocenters. The van der Waals surface area contributed by atoms with Gasteiger partial charge in [-0.05, 0) is 90.3 Å². The zero-order valence-corrected chi connectivity index (χ0v) is 20.4. The number of anilines is 1. The molecule has 1 amide bonds. The normalized spacial score (nSPS) is 10.9. The van der Waals surface area contributed by atoms with Gasteiger partial charge in [-0.1, -0.05) is 35.4 Å². The third-order valence-electron chi connectivity index (χ3n) is 4.73. The van der Waals surface area contributed by atoms with Crippen LogP contribution in [0.2, 0.25) is 0 Å². The van der Waals surface area contributed by atoms with Gasteiger partial charge >= 0.3 is 0 Å². The van der Waals surface area contributed by atoms with E-state index < -0.39 is 5.91 Å². The van der Waals surface area contributed by atoms with Crippen LogP contribution < -0.4 is 14.8 Å². The maximum absolute atomic E-state index is 12.6. The fourth-order valence-electron chi connectivity index (χ4n) is 3.35. The molecular weight excluding hydrogens is 480 g/mol. The molecule has 3 aromatic carbocycles. The van der Waals surface area contributed by atoms with E-state index in [0.717, 1.165) is 15.8 Å². The smallest absolute Gasteiger partial charge is 0.266 e. The third-order valence-corrected chi connectivity index (χ3v) is 5.35. The van der Waals surface area contributed by atoms with E-state index in [-0.39, 0.29) is 5.57 Å². The van der Waals surface area contributed by atoms with E-state index in [9.17, 15) is 10.1 Å². The number of nitrogens with one attached hydrogen (secondary N) is 1. The van der Waals surface area contributed by atoms with E-state index in [4.69, 9.17) is 9.47 Å². The molecule has 168 valence electrons. The topological polar surface area (TPSA) is 71.3 Å². The molecule has 0 saturated carbocycles. The van der Waals surface area contributed by atoms with Crippen molar-refractivity contribution in [2.45, 2.75) is 27.4 Å². The van der Waals surface area contributed by atoms with Gasteiger partial charge in [0.05, 0.1) is 11.1 Å². The quantitative estimate of drug-likeness (QED) is 0.277. The van der Waals surface area contributed by atoms with Gasteiger partial charge in [-0.15, -0.1) is 0 Å². The highest BCUT2D eigenvalue weighted by molar-refractivity contribution is 9.10. The summed E-state index contributed by atoms with van der Waals surface area (Å²) < 4.78 is 12.1. The molecule has 1 N–H and O–H groups in total. The maximum Gasteiger partial charge on any atom is 0.266 e. The third kappa shape index (κ3) is 6.96. The Balaban J connectivity index is 1.68. The predicted molar refractivity (Wildman–Crippen MR) is 134 cm³/mol. The summed E-state index contributed by atoms with van der Waals surface area (Å²) in [6.45, 7) is 7.04. The molecular formula is C27H25BrN2O3. The molecule has 33 heavy (non-hydrogen) atoms. The van der Waals surface area contributed by atoms with Crippen molar-refractivity contribution in [2.24, 2.45) is 0 Å². The molecule has 0 saturated heterocycles. The Kier molecular flexibility index (Phi) is 8.28. The number of carbonyl (C=O) groups excluding carboxylic acids is 1. The van der Waals surface area contributed by atoms with Crippen LogP contribution in [0.25, 0.3) is 6.08 Å². The summed E-state index contributed by atoms with van der Waals surface area (Å²) in [7, 11) is 0. The number of amides is 1. The number of nitrogens with zero attached hydrogens (tertiary/aromatic N) is 1. The molecule has 0 spiro atoms. The molecule has 0 aliphatic heterocycles. The predicted octanol–water partition coefficient (Wildman–Crippen LogP) is 6.59. The monoisotopic (exact) mass is 504 g/mol. The summed E-state index contributed by atoms with van der Waals surface area (Å²) >= 11 is 3.52. The Bertz CT molecular complexity index is 1190. The number of nitriles is 1. The summed E-state index contributed by atoms with van der Waals surface area (Å²) in [6.07, 6.45) is 1.54. The maximum atomic E-state index is 12.6. The number of aryl methyl sites for hydroxylation is 2. The van der Waals surface area contributed by atoms with Crippen molar-refractivity contribution < 1.29 is 14.3 Å². The van der Waals surface area contributed by atoms with Crippen molar-refractivity contribution >= 4 is 33.6 Å². The number of benzene rings is 3. The number of carbonyl (C=O) groups is 1. The summed E-state index contributed by atoms with van der Waals surface area (Å²) in [6, 6.07) is 20.7. The number of hydrogen-bond acceptors (Lipinski definition) is 4. The van der Waals surface area contributed by atoms with Crippen molar-refractivity contribution in [3.8, 4) is 17.6 Å². The SMILES string of the molecule is CCOc1ccc(NC(=O)/C(C#N)=C/c2ccc(OCc3cc(C)cc(C)c3)c(Br)c2)cc1. The van der Waals surface area contributed by atoms with Crippen molar-refractivity contribution in [2.75, 3.05) is 11.9 Å². The average molecular weight is 505 g/mol. The lowest BCUT2D eigenvalue weighted by molar-refractivity contribution is -0.112. The Morgan fingerprint density at radius 2 is 1.73 bits per heavy atom. The van der Waals surface area contributed by atoms with Crippen LogP contribution in [0.3, 0.4) is 0 Å². The van der Waals surface area contributed by atoms with Crippen LogP contribution >= 0.6 is 15.9 Å². The van der Waals surface area contributed by atoms with Gasteiger partial charge in [0.2, 0.25) is 0 Å². The Labute approximate surface area is 202 Å². The highest BCUT2D eigenvalue weighted by Gasteiger charge is 2.11. The molecule has 0 heterocycles. The fourth-order valence-corrected chi connectivity index (χ4v) is 3.86. The van der Waals surface area contributed by atoms with E-state index in [1.807, 2.05) is 31.2 Å². The summed E-state index contributed by atoms with van der Waals surface area (Å²) in [5.41, 5.74) is 4.78. The highest BCUT2D eigenvalue weighted by Crippen LogP contribution is 2.28. The van der Waals surface area contributed by atoms with E-state index in [1.54, 1.807) is 30.3 Å². The van der Waals surface area contributed by atoms with Crippen molar-refractivity contribution in [1.29, 1.82) is 5.26 Å². The second kappa shape index (κ2) is 11.3. The number of rotatable bonds is 8. The van der Waals surface area contributed by atoms with Crippen molar-refractivity contribution in [1.82, 2.24) is 0 Å². The van der Waals surface area contributed by atoms with Crippen LogP contribution in [0.5, 0.6) is 11.5 Å². The van der Waals surface area contributed by atoms with E-state index in [1.165, 1.54) is 11.1 Å². The van der Waals surface area contributed by atoms with E-state index in [2.05, 4.69) is 53.3 Å². The standard InChI is InChI=1S/C27H25BrN2O3/c1-4-32-24-8-6-23(7-9-24)30-27(31)22(16-29)14-20-5-10-26(25(28)15-20)33-17-21-12-18(2)11-19(3)13-21/h5-15H,4,17H2,1-3H3,(H,30,31)/b22-14+. The minimum atomic E-state index is -0.479. The average Bonchev–Trinajstić information content (AvgIpc) is 2.77. The van der Waals surface area contributed by atoms with Gasteiger partial charge in [-0.3, -0.25) is 4.79 Å². The first kappa shape index (κ1) is 24.1. The van der Waals surface area contributed by atoms with E-state index >= 15 is 0 Å². The van der Waals surface area contributed by atoms with Crippen molar-refractivity contribution in [3.63, 3.8) is 0 Å². The Morgan fingerprint density at radius 3 is 2.33 bits per heavy atom. The lowest BCUT2D eigenvalue weighted by Gasteiger charge is -2.10. The second-order valence-corrected chi connectivity index (χ2v) is 8.41. The van der Waals surface area contributed by atoms with Gasteiger partial charge in [0, 0.05) is 5.69 Å². The first-order valence-corrected chi connectivity index (χ1v) is 11.3. The van der Waals surface area contributed by atoms with Crippen LogP contribution in [-0.2, 0) is 11.4 Å². The van der Waals surface area contributed by atoms with Crippen LogP contribution in [0, 0.1) is 25.2 Å². The Hall–Kier alpha value is -3.56. The van der Waals surface area contributed by atoms with Gasteiger partial charge < -0.3 is 14.8 Å². The minimum absolute atomic E-state index is 0.000288. The number of hydrogen-bond donors (Lipinski definition) is 1.